The minimum absolute atomic E-state index is 0.0344. The number of benzene rings is 2. The van der Waals surface area contributed by atoms with Gasteiger partial charge in [-0.1, -0.05) is 31.1 Å². The van der Waals surface area contributed by atoms with Gasteiger partial charge in [-0.3, -0.25) is 14.4 Å². The Morgan fingerprint density at radius 3 is 2.22 bits per heavy atom. The molecular weight excluding hydrogens is 458 g/mol. The number of Topliss-reactive ketones (excluding diaryl/α,β-unsaturated/α-hetero) is 1. The number of rotatable bonds is 10. The maximum atomic E-state index is 12.5. The number of carbonyl (C=O) groups is 3. The van der Waals surface area contributed by atoms with Gasteiger partial charge in [0.05, 0.1) is 0 Å². The highest BCUT2D eigenvalue weighted by Gasteiger charge is 2.29. The third kappa shape index (κ3) is 7.70. The summed E-state index contributed by atoms with van der Waals surface area (Å²) in [6.07, 6.45) is 5.26. The van der Waals surface area contributed by atoms with Gasteiger partial charge in [-0.2, -0.15) is 0 Å². The number of nitrogens with one attached hydrogen (secondary N) is 3. The number of nitrogens with zero attached hydrogens (tertiary/aromatic N) is 2. The van der Waals surface area contributed by atoms with Crippen molar-refractivity contribution in [1.82, 2.24) is 10.2 Å². The third-order valence-corrected chi connectivity index (χ3v) is 6.18. The molecule has 2 aromatic carbocycles. The number of hydrogen-bond acceptors (Lipinski definition) is 6. The van der Waals surface area contributed by atoms with Crippen molar-refractivity contribution >= 4 is 23.3 Å². The van der Waals surface area contributed by atoms with E-state index in [1.165, 1.54) is 26.2 Å². The van der Waals surface area contributed by atoms with E-state index in [0.717, 1.165) is 17.7 Å². The molecule has 1 saturated carbocycles. The first-order valence-corrected chi connectivity index (χ1v) is 11.9. The quantitative estimate of drug-likeness (QED) is 0.231. The van der Waals surface area contributed by atoms with Crippen LogP contribution in [0.2, 0.25) is 0 Å². The Morgan fingerprint density at radius 1 is 1.08 bits per heavy atom. The standard InChI is InChI=1S/C27H29N5O4/c1-18(31-32-28)26(24(34)17-33)30-27(36)22-12-7-20(8-13-22)5-6-21-9-14-23(15-10-21)29-25(35)16-11-19-3-2-4-19/h7-10,12-15,18-19,26,28,33H,2-4,11,16-17H2,1H3,(H-,29,30,35,36)/p+1/t18-,26+/m1/s1. The van der Waals surface area contributed by atoms with E-state index in [1.807, 2.05) is 24.3 Å². The lowest BCUT2D eigenvalue weighted by Gasteiger charge is -2.24. The van der Waals surface area contributed by atoms with Crippen molar-refractivity contribution in [3.05, 3.63) is 65.2 Å². The van der Waals surface area contributed by atoms with Gasteiger partial charge in [0, 0.05) is 28.8 Å². The van der Waals surface area contributed by atoms with Crippen molar-refractivity contribution in [3.63, 3.8) is 0 Å². The molecule has 4 N–H and O–H groups in total. The van der Waals surface area contributed by atoms with Crippen LogP contribution < -0.4 is 15.5 Å². The predicted molar refractivity (Wildman–Crippen MR) is 134 cm³/mol. The number of ketones is 1. The molecule has 1 aliphatic rings. The van der Waals surface area contributed by atoms with Crippen molar-refractivity contribution in [3.8, 4) is 11.8 Å². The van der Waals surface area contributed by atoms with Gasteiger partial charge in [-0.25, -0.2) is 0 Å². The second kappa shape index (κ2) is 13.1. The van der Waals surface area contributed by atoms with Crippen LogP contribution >= 0.6 is 0 Å². The second-order valence-electron chi connectivity index (χ2n) is 8.82. The summed E-state index contributed by atoms with van der Waals surface area (Å²) in [5, 5.41) is 18.2. The van der Waals surface area contributed by atoms with Crippen LogP contribution in [0.1, 0.15) is 60.5 Å². The zero-order valence-corrected chi connectivity index (χ0v) is 20.2. The van der Waals surface area contributed by atoms with Crippen molar-refractivity contribution in [2.24, 2.45) is 11.0 Å². The first kappa shape index (κ1) is 26.5. The van der Waals surface area contributed by atoms with Crippen LogP contribution in [0.25, 0.3) is 0 Å². The van der Waals surface area contributed by atoms with Crippen molar-refractivity contribution in [2.75, 3.05) is 11.9 Å². The molecule has 3 rings (SSSR count). The summed E-state index contributed by atoms with van der Waals surface area (Å²) in [5.74, 6) is 5.69. The molecule has 0 aromatic heterocycles. The summed E-state index contributed by atoms with van der Waals surface area (Å²) in [7, 11) is 0. The summed E-state index contributed by atoms with van der Waals surface area (Å²) >= 11 is 0. The zero-order chi connectivity index (χ0) is 25.9. The highest BCUT2D eigenvalue weighted by molar-refractivity contribution is 5.98. The third-order valence-electron chi connectivity index (χ3n) is 6.18. The molecule has 2 atom stereocenters. The van der Waals surface area contributed by atoms with E-state index in [-0.39, 0.29) is 5.91 Å². The van der Waals surface area contributed by atoms with Crippen LogP contribution in [0.5, 0.6) is 0 Å². The summed E-state index contributed by atoms with van der Waals surface area (Å²) < 4.78 is 0. The highest BCUT2D eigenvalue weighted by Crippen LogP contribution is 2.30. The van der Waals surface area contributed by atoms with Gasteiger partial charge < -0.3 is 15.7 Å². The molecule has 1 aliphatic carbocycles. The van der Waals surface area contributed by atoms with E-state index in [0.29, 0.717) is 23.5 Å². The largest absolute Gasteiger partial charge is 0.388 e. The minimum Gasteiger partial charge on any atom is -0.388 e. The predicted octanol–water partition coefficient (Wildman–Crippen LogP) is 3.20. The smallest absolute Gasteiger partial charge is 0.251 e. The van der Waals surface area contributed by atoms with Crippen LogP contribution in [-0.2, 0) is 9.59 Å². The normalized spacial score (nSPS) is 14.2. The van der Waals surface area contributed by atoms with Crippen molar-refractivity contribution in [1.29, 1.82) is 5.53 Å². The number of aliphatic hydroxyl groups is 1. The fourth-order valence-electron chi connectivity index (χ4n) is 3.78. The number of carbonyl (C=O) groups excluding carboxylic acids is 3. The Balaban J connectivity index is 1.56. The molecule has 2 amide bonds. The Kier molecular flexibility index (Phi) is 9.64. The molecule has 9 nitrogen and oxygen atoms in total. The zero-order valence-electron chi connectivity index (χ0n) is 20.2. The second-order valence-corrected chi connectivity index (χ2v) is 8.82. The first-order valence-electron chi connectivity index (χ1n) is 11.9. The van der Waals surface area contributed by atoms with Gasteiger partial charge in [0.1, 0.15) is 23.3 Å². The summed E-state index contributed by atoms with van der Waals surface area (Å²) in [6.45, 7) is 0.761. The van der Waals surface area contributed by atoms with Gasteiger partial charge in [-0.05, 0) is 67.8 Å². The van der Waals surface area contributed by atoms with Crippen LogP contribution in [-0.4, -0.2) is 41.4 Å². The van der Waals surface area contributed by atoms with Gasteiger partial charge >= 0.3 is 0 Å². The molecule has 0 unspecified atom stereocenters. The molecule has 9 heteroatoms. The molecule has 0 saturated heterocycles. The lowest BCUT2D eigenvalue weighted by Crippen LogP contribution is -2.48. The molecule has 0 aliphatic heterocycles. The molecule has 0 heterocycles. The number of anilines is 1. The number of aliphatic hydroxyl groups excluding tert-OH is 1. The SMILES string of the molecule is C[C@@H](N=[N+]=N)[C@H](NC(=O)c1ccc(C#Cc2ccc(NC(=O)CCC3CCC3)cc2)cc1)C(=O)CO. The summed E-state index contributed by atoms with van der Waals surface area (Å²) in [6, 6.07) is 12.0. The monoisotopic (exact) mass is 488 g/mol. The van der Waals surface area contributed by atoms with E-state index < -0.39 is 30.4 Å². The van der Waals surface area contributed by atoms with Gasteiger partial charge in [-0.15, -0.1) is 0 Å². The fraction of sp³-hybridized carbons (Fsp3) is 0.370. The minimum atomic E-state index is -1.09. The van der Waals surface area contributed by atoms with Crippen LogP contribution in [0.3, 0.4) is 0 Å². The van der Waals surface area contributed by atoms with Gasteiger partial charge in [0.2, 0.25) is 10.8 Å². The Bertz CT molecular complexity index is 1190. The number of hydrogen-bond donors (Lipinski definition) is 4. The molecule has 186 valence electrons. The molecule has 2 aromatic rings. The van der Waals surface area contributed by atoms with E-state index in [9.17, 15) is 14.4 Å². The molecular formula is C27H30N5O4+. The van der Waals surface area contributed by atoms with E-state index in [1.54, 1.807) is 24.3 Å². The number of amides is 2. The molecule has 0 bridgehead atoms. The summed E-state index contributed by atoms with van der Waals surface area (Å²) in [5.41, 5.74) is 9.34. The average molecular weight is 489 g/mol. The molecule has 0 radical (unpaired) electrons. The highest BCUT2D eigenvalue weighted by atomic mass is 16.3. The summed E-state index contributed by atoms with van der Waals surface area (Å²) in [4.78, 5) is 39.5. The molecule has 1 fully saturated rings. The maximum Gasteiger partial charge on any atom is 0.251 e. The molecule has 0 spiro atoms. The lowest BCUT2D eigenvalue weighted by atomic mass is 9.82. The molecule has 36 heavy (non-hydrogen) atoms. The van der Waals surface area contributed by atoms with E-state index in [2.05, 4.69) is 32.5 Å². The lowest BCUT2D eigenvalue weighted by molar-refractivity contribution is -0.124. The van der Waals surface area contributed by atoms with E-state index in [4.69, 9.17) is 10.6 Å². The van der Waals surface area contributed by atoms with Crippen LogP contribution in [0.4, 0.5) is 5.69 Å². The van der Waals surface area contributed by atoms with Gasteiger partial charge in [0.15, 0.2) is 11.8 Å². The van der Waals surface area contributed by atoms with Crippen LogP contribution in [0.15, 0.2) is 53.6 Å². The maximum absolute atomic E-state index is 12.5. The Hall–Kier alpha value is -4.12. The van der Waals surface area contributed by atoms with Crippen LogP contribution in [0, 0.1) is 23.3 Å². The Morgan fingerprint density at radius 2 is 1.69 bits per heavy atom. The average Bonchev–Trinajstić information content (AvgIpc) is 2.85. The first-order chi connectivity index (χ1) is 17.4. The fourth-order valence-corrected chi connectivity index (χ4v) is 3.78. The van der Waals surface area contributed by atoms with Gasteiger partial charge in [0.25, 0.3) is 5.91 Å². The van der Waals surface area contributed by atoms with Crippen molar-refractivity contribution < 1.29 is 19.5 Å². The topological polar surface area (TPSA) is 146 Å². The van der Waals surface area contributed by atoms with Crippen molar-refractivity contribution in [2.45, 2.75) is 51.1 Å². The Labute approximate surface area is 209 Å². The van der Waals surface area contributed by atoms with E-state index >= 15 is 0 Å².